The summed E-state index contributed by atoms with van der Waals surface area (Å²) in [5.74, 6) is -1.49. The van der Waals surface area contributed by atoms with Gasteiger partial charge in [-0.1, -0.05) is 30.3 Å². The molecular weight excluding hydrogens is 303 g/mol. The second-order valence-corrected chi connectivity index (χ2v) is 4.73. The number of ether oxygens (including phenoxy) is 3. The van der Waals surface area contributed by atoms with Crippen molar-refractivity contribution in [1.29, 1.82) is 0 Å². The number of carboxylic acids is 1. The summed E-state index contributed by atoms with van der Waals surface area (Å²) in [6.45, 7) is -0.469. The number of benzene rings is 2. The molecule has 0 atom stereocenters. The molecule has 2 rings (SSSR count). The van der Waals surface area contributed by atoms with Crippen molar-refractivity contribution in [2.24, 2.45) is 0 Å². The lowest BCUT2D eigenvalue weighted by Crippen LogP contribution is -2.08. The van der Waals surface area contributed by atoms with Crippen LogP contribution in [0.5, 0.6) is 11.5 Å². The van der Waals surface area contributed by atoms with Crippen LogP contribution in [-0.4, -0.2) is 24.8 Å². The molecule has 0 heterocycles. The number of hydrogen-bond acceptors (Lipinski definition) is 4. The number of aliphatic carboxylic acids is 1. The third-order valence-corrected chi connectivity index (χ3v) is 3.07. The van der Waals surface area contributed by atoms with Crippen molar-refractivity contribution in [1.82, 2.24) is 0 Å². The van der Waals surface area contributed by atoms with E-state index in [4.69, 9.17) is 19.3 Å². The van der Waals surface area contributed by atoms with Crippen LogP contribution in [-0.2, 0) is 22.7 Å². The molecule has 0 bridgehead atoms. The fourth-order valence-corrected chi connectivity index (χ4v) is 1.96. The number of carbonyl (C=O) groups is 1. The molecule has 2 aromatic rings. The molecule has 1 N–H and O–H groups in total. The maximum atomic E-state index is 14.5. The van der Waals surface area contributed by atoms with Crippen LogP contribution >= 0.6 is 0 Å². The summed E-state index contributed by atoms with van der Waals surface area (Å²) in [6.07, 6.45) is 0. The fraction of sp³-hybridized carbons (Fsp3) is 0.235. The monoisotopic (exact) mass is 320 g/mol. The molecule has 0 aliphatic heterocycles. The van der Waals surface area contributed by atoms with Gasteiger partial charge in [-0.15, -0.1) is 0 Å². The molecule has 0 saturated heterocycles. The van der Waals surface area contributed by atoms with Crippen molar-refractivity contribution >= 4 is 5.97 Å². The summed E-state index contributed by atoms with van der Waals surface area (Å²) >= 11 is 0. The molecule has 6 heteroatoms. The topological polar surface area (TPSA) is 65.0 Å². The van der Waals surface area contributed by atoms with Crippen molar-refractivity contribution in [3.63, 3.8) is 0 Å². The third-order valence-electron chi connectivity index (χ3n) is 3.07. The van der Waals surface area contributed by atoms with Gasteiger partial charge in [0.05, 0.1) is 13.7 Å². The molecule has 0 unspecified atom stereocenters. The van der Waals surface area contributed by atoms with E-state index in [1.165, 1.54) is 13.2 Å². The largest absolute Gasteiger partial charge is 0.493 e. The summed E-state index contributed by atoms with van der Waals surface area (Å²) in [7, 11) is 1.42. The Hall–Kier alpha value is -2.60. The zero-order chi connectivity index (χ0) is 16.7. The number of halogens is 1. The molecule has 0 aliphatic rings. The Kier molecular flexibility index (Phi) is 5.94. The van der Waals surface area contributed by atoms with E-state index in [2.05, 4.69) is 0 Å². The third kappa shape index (κ3) is 4.69. The van der Waals surface area contributed by atoms with Gasteiger partial charge in [0.1, 0.15) is 13.2 Å². The summed E-state index contributed by atoms with van der Waals surface area (Å²) in [5.41, 5.74) is 1.09. The Balaban J connectivity index is 2.13. The van der Waals surface area contributed by atoms with Crippen LogP contribution in [0, 0.1) is 5.82 Å². The summed E-state index contributed by atoms with van der Waals surface area (Å²) in [6, 6.07) is 12.4. The minimum atomic E-state index is -1.11. The second kappa shape index (κ2) is 8.14. The highest BCUT2D eigenvalue weighted by molar-refractivity contribution is 5.68. The van der Waals surface area contributed by atoms with Crippen LogP contribution in [0.3, 0.4) is 0 Å². The van der Waals surface area contributed by atoms with Crippen molar-refractivity contribution in [3.8, 4) is 11.5 Å². The minimum absolute atomic E-state index is 0.0206. The Labute approximate surface area is 133 Å². The van der Waals surface area contributed by atoms with E-state index in [1.54, 1.807) is 6.07 Å². The molecule has 122 valence electrons. The van der Waals surface area contributed by atoms with Gasteiger partial charge in [0.2, 0.25) is 0 Å². The van der Waals surface area contributed by atoms with Crippen LogP contribution in [0.1, 0.15) is 11.1 Å². The first kappa shape index (κ1) is 16.8. The molecule has 5 nitrogen and oxygen atoms in total. The molecule has 2 aromatic carbocycles. The Morgan fingerprint density at radius 2 is 1.87 bits per heavy atom. The highest BCUT2D eigenvalue weighted by Crippen LogP contribution is 2.33. The predicted molar refractivity (Wildman–Crippen MR) is 81.0 cm³/mol. The van der Waals surface area contributed by atoms with Gasteiger partial charge in [0.25, 0.3) is 0 Å². The second-order valence-electron chi connectivity index (χ2n) is 4.73. The fourth-order valence-electron chi connectivity index (χ4n) is 1.96. The lowest BCUT2D eigenvalue weighted by atomic mass is 10.2. The number of methoxy groups -OCH3 is 1. The normalized spacial score (nSPS) is 10.3. The van der Waals surface area contributed by atoms with E-state index in [-0.39, 0.29) is 30.3 Å². The first-order valence-corrected chi connectivity index (χ1v) is 6.93. The van der Waals surface area contributed by atoms with Crippen molar-refractivity contribution < 1.29 is 28.5 Å². The quantitative estimate of drug-likeness (QED) is 0.810. The van der Waals surface area contributed by atoms with Crippen LogP contribution in [0.25, 0.3) is 0 Å². The number of carboxylic acid groups (broad SMARTS) is 1. The maximum Gasteiger partial charge on any atom is 0.329 e. The Morgan fingerprint density at radius 1 is 1.13 bits per heavy atom. The Morgan fingerprint density at radius 3 is 2.52 bits per heavy atom. The summed E-state index contributed by atoms with van der Waals surface area (Å²) < 4.78 is 30.1. The summed E-state index contributed by atoms with van der Waals surface area (Å²) in [5, 5.41) is 8.54. The maximum absolute atomic E-state index is 14.5. The summed E-state index contributed by atoms with van der Waals surface area (Å²) in [4.78, 5) is 10.4. The van der Waals surface area contributed by atoms with E-state index in [0.717, 1.165) is 5.56 Å². The zero-order valence-corrected chi connectivity index (χ0v) is 12.6. The average molecular weight is 320 g/mol. The van der Waals surface area contributed by atoms with E-state index >= 15 is 0 Å². The van der Waals surface area contributed by atoms with Gasteiger partial charge >= 0.3 is 5.97 Å². The van der Waals surface area contributed by atoms with Crippen molar-refractivity contribution in [3.05, 3.63) is 59.4 Å². The molecule has 0 amide bonds. The molecule has 0 spiro atoms. The number of hydrogen-bond donors (Lipinski definition) is 1. The molecular formula is C17H17FO5. The van der Waals surface area contributed by atoms with Crippen molar-refractivity contribution in [2.45, 2.75) is 13.2 Å². The van der Waals surface area contributed by atoms with E-state index in [9.17, 15) is 9.18 Å². The lowest BCUT2D eigenvalue weighted by molar-refractivity contribution is -0.142. The van der Waals surface area contributed by atoms with Gasteiger partial charge in [0.15, 0.2) is 17.3 Å². The Bertz CT molecular complexity index is 658. The van der Waals surface area contributed by atoms with Crippen molar-refractivity contribution in [2.75, 3.05) is 13.7 Å². The smallest absolute Gasteiger partial charge is 0.329 e. The lowest BCUT2D eigenvalue weighted by Gasteiger charge is -2.14. The molecule has 0 fully saturated rings. The van der Waals surface area contributed by atoms with Gasteiger partial charge in [-0.25, -0.2) is 9.18 Å². The standard InChI is InChI=1S/C17H17FO5/c1-21-14-8-7-13(10-22-11-15(19)20)16(18)17(14)23-9-12-5-3-2-4-6-12/h2-8H,9-11H2,1H3,(H,19,20). The average Bonchev–Trinajstić information content (AvgIpc) is 2.55. The zero-order valence-electron chi connectivity index (χ0n) is 12.6. The van der Waals surface area contributed by atoms with Crippen LogP contribution < -0.4 is 9.47 Å². The molecule has 23 heavy (non-hydrogen) atoms. The highest BCUT2D eigenvalue weighted by atomic mass is 19.1. The first-order valence-electron chi connectivity index (χ1n) is 6.93. The van der Waals surface area contributed by atoms with Gasteiger partial charge in [-0.3, -0.25) is 0 Å². The first-order chi connectivity index (χ1) is 11.1. The van der Waals surface area contributed by atoms with Crippen LogP contribution in [0.15, 0.2) is 42.5 Å². The molecule has 0 aromatic heterocycles. The molecule has 0 radical (unpaired) electrons. The number of rotatable bonds is 8. The van der Waals surface area contributed by atoms with Gasteiger partial charge in [-0.05, 0) is 17.7 Å². The molecule has 0 saturated carbocycles. The predicted octanol–water partition coefficient (Wildman–Crippen LogP) is 3.01. The van der Waals surface area contributed by atoms with Crippen LogP contribution in [0.4, 0.5) is 4.39 Å². The highest BCUT2D eigenvalue weighted by Gasteiger charge is 2.16. The van der Waals surface area contributed by atoms with E-state index < -0.39 is 18.4 Å². The van der Waals surface area contributed by atoms with Gasteiger partial charge in [-0.2, -0.15) is 0 Å². The van der Waals surface area contributed by atoms with E-state index in [1.807, 2.05) is 30.3 Å². The van der Waals surface area contributed by atoms with Gasteiger partial charge < -0.3 is 19.3 Å². The SMILES string of the molecule is COc1ccc(COCC(=O)O)c(F)c1OCc1ccccc1. The van der Waals surface area contributed by atoms with Crippen LogP contribution in [0.2, 0.25) is 0 Å². The van der Waals surface area contributed by atoms with E-state index in [0.29, 0.717) is 0 Å². The minimum Gasteiger partial charge on any atom is -0.493 e. The molecule has 0 aliphatic carbocycles. The van der Waals surface area contributed by atoms with Gasteiger partial charge in [0, 0.05) is 5.56 Å².